The molecule has 0 saturated heterocycles. The van der Waals surface area contributed by atoms with Crippen LogP contribution in [0.2, 0.25) is 0 Å². The van der Waals surface area contributed by atoms with Crippen molar-refractivity contribution in [2.75, 3.05) is 20.5 Å². The smallest absolute Gasteiger partial charge is 0.266 e. The molecule has 0 radical (unpaired) electrons. The quantitative estimate of drug-likeness (QED) is 0.673. The Morgan fingerprint density at radius 2 is 1.96 bits per heavy atom. The zero-order valence-corrected chi connectivity index (χ0v) is 15.8. The van der Waals surface area contributed by atoms with E-state index < -0.39 is 15.9 Å². The topological polar surface area (TPSA) is 112 Å². The van der Waals surface area contributed by atoms with Crippen molar-refractivity contribution in [2.24, 2.45) is 0 Å². The van der Waals surface area contributed by atoms with Crippen LogP contribution in [0.25, 0.3) is 11.0 Å². The Labute approximate surface area is 156 Å². The minimum atomic E-state index is -3.65. The average molecular weight is 390 g/mol. The maximum Gasteiger partial charge on any atom is 0.266 e. The third kappa shape index (κ3) is 4.17. The first-order valence-electron chi connectivity index (χ1n) is 7.85. The van der Waals surface area contributed by atoms with Gasteiger partial charge in [-0.05, 0) is 18.2 Å². The van der Waals surface area contributed by atoms with E-state index in [0.29, 0.717) is 29.1 Å². The summed E-state index contributed by atoms with van der Waals surface area (Å²) < 4.78 is 36.6. The largest absolute Gasteiger partial charge is 0.497 e. The second-order valence-corrected chi connectivity index (χ2v) is 7.57. The van der Waals surface area contributed by atoms with E-state index in [1.807, 2.05) is 16.9 Å². The molecule has 1 amide bonds. The molecule has 3 rings (SSSR count). The number of carbonyl (C=O) groups excluding carboxylic acids is 1. The van der Waals surface area contributed by atoms with Crippen LogP contribution in [0.15, 0.2) is 36.7 Å². The van der Waals surface area contributed by atoms with Gasteiger partial charge >= 0.3 is 0 Å². The SMILES string of the molecule is COc1ccc(Cn2ncc3cc(C(=O)NS(C)(=O)=O)cnc32)c(OC)c1. The summed E-state index contributed by atoms with van der Waals surface area (Å²) in [6.07, 6.45) is 3.79. The standard InChI is InChI=1S/C17H18N4O5S/c1-25-14-5-4-11(15(7-14)26-2)10-21-16-12(9-19-21)6-13(8-18-16)17(22)20-27(3,23)24/h4-9H,10H2,1-3H3,(H,20,22). The molecule has 3 aromatic rings. The number of amides is 1. The summed E-state index contributed by atoms with van der Waals surface area (Å²) >= 11 is 0. The number of sulfonamides is 1. The normalized spacial score (nSPS) is 11.4. The van der Waals surface area contributed by atoms with E-state index in [4.69, 9.17) is 9.47 Å². The number of aromatic nitrogens is 3. The molecule has 0 aliphatic heterocycles. The summed E-state index contributed by atoms with van der Waals surface area (Å²) in [5.74, 6) is 0.596. The summed E-state index contributed by atoms with van der Waals surface area (Å²) in [5, 5.41) is 4.92. The van der Waals surface area contributed by atoms with Crippen molar-refractivity contribution in [3.05, 3.63) is 47.8 Å². The summed E-state index contributed by atoms with van der Waals surface area (Å²) in [5.41, 5.74) is 1.57. The highest BCUT2D eigenvalue weighted by atomic mass is 32.2. The highest BCUT2D eigenvalue weighted by Crippen LogP contribution is 2.26. The van der Waals surface area contributed by atoms with Gasteiger partial charge in [-0.25, -0.2) is 22.8 Å². The predicted molar refractivity (Wildman–Crippen MR) is 98.5 cm³/mol. The van der Waals surface area contributed by atoms with Crippen LogP contribution in [0.5, 0.6) is 11.5 Å². The van der Waals surface area contributed by atoms with Gasteiger partial charge < -0.3 is 9.47 Å². The number of carbonyl (C=O) groups is 1. The summed E-state index contributed by atoms with van der Waals surface area (Å²) in [6, 6.07) is 7.02. The van der Waals surface area contributed by atoms with Gasteiger partial charge in [0.1, 0.15) is 11.5 Å². The molecule has 10 heteroatoms. The molecular weight excluding hydrogens is 372 g/mol. The van der Waals surface area contributed by atoms with E-state index >= 15 is 0 Å². The number of pyridine rings is 1. The fourth-order valence-electron chi connectivity index (χ4n) is 2.58. The summed E-state index contributed by atoms with van der Waals surface area (Å²) in [6.45, 7) is 0.401. The van der Waals surface area contributed by atoms with Gasteiger partial charge in [-0.15, -0.1) is 0 Å². The highest BCUT2D eigenvalue weighted by molar-refractivity contribution is 7.89. The minimum absolute atomic E-state index is 0.134. The molecule has 2 aromatic heterocycles. The van der Waals surface area contributed by atoms with Crippen LogP contribution in [0.3, 0.4) is 0 Å². The molecule has 0 saturated carbocycles. The van der Waals surface area contributed by atoms with E-state index in [9.17, 15) is 13.2 Å². The van der Waals surface area contributed by atoms with E-state index in [0.717, 1.165) is 11.8 Å². The lowest BCUT2D eigenvalue weighted by atomic mass is 10.2. The van der Waals surface area contributed by atoms with Crippen LogP contribution in [0.4, 0.5) is 0 Å². The zero-order chi connectivity index (χ0) is 19.6. The number of ether oxygens (including phenoxy) is 2. The van der Waals surface area contributed by atoms with Crippen molar-refractivity contribution >= 4 is 27.0 Å². The minimum Gasteiger partial charge on any atom is -0.497 e. The summed E-state index contributed by atoms with van der Waals surface area (Å²) in [7, 11) is -0.492. The molecule has 2 heterocycles. The highest BCUT2D eigenvalue weighted by Gasteiger charge is 2.15. The fraction of sp³-hybridized carbons (Fsp3) is 0.235. The van der Waals surface area contributed by atoms with E-state index in [-0.39, 0.29) is 5.56 Å². The average Bonchev–Trinajstić information content (AvgIpc) is 3.02. The molecule has 0 spiro atoms. The first-order valence-corrected chi connectivity index (χ1v) is 9.74. The third-order valence-electron chi connectivity index (χ3n) is 3.83. The number of fused-ring (bicyclic) bond motifs is 1. The third-order valence-corrected chi connectivity index (χ3v) is 4.39. The Morgan fingerprint density at radius 3 is 2.63 bits per heavy atom. The molecule has 9 nitrogen and oxygen atoms in total. The van der Waals surface area contributed by atoms with Crippen LogP contribution in [-0.2, 0) is 16.6 Å². The van der Waals surface area contributed by atoms with E-state index in [1.165, 1.54) is 12.3 Å². The molecule has 1 N–H and O–H groups in total. The van der Waals surface area contributed by atoms with Crippen LogP contribution in [-0.4, -0.2) is 49.6 Å². The number of hydrogen-bond donors (Lipinski definition) is 1. The monoisotopic (exact) mass is 390 g/mol. The van der Waals surface area contributed by atoms with Gasteiger partial charge in [-0.2, -0.15) is 5.10 Å². The van der Waals surface area contributed by atoms with Crippen molar-refractivity contribution in [2.45, 2.75) is 6.54 Å². The molecule has 1 aromatic carbocycles. The number of rotatable bonds is 6. The summed E-state index contributed by atoms with van der Waals surface area (Å²) in [4.78, 5) is 16.2. The van der Waals surface area contributed by atoms with Crippen molar-refractivity contribution in [3.8, 4) is 11.5 Å². The molecule has 0 unspecified atom stereocenters. The lowest BCUT2D eigenvalue weighted by Crippen LogP contribution is -2.29. The van der Waals surface area contributed by atoms with Gasteiger partial charge in [0.25, 0.3) is 5.91 Å². The van der Waals surface area contributed by atoms with Crippen molar-refractivity contribution in [3.63, 3.8) is 0 Å². The lowest BCUT2D eigenvalue weighted by molar-refractivity contribution is 0.0981. The molecule has 142 valence electrons. The Bertz CT molecular complexity index is 1110. The molecular formula is C17H18N4O5S. The molecule has 0 atom stereocenters. The van der Waals surface area contributed by atoms with Gasteiger partial charge in [-0.1, -0.05) is 0 Å². The van der Waals surface area contributed by atoms with Crippen molar-refractivity contribution < 1.29 is 22.7 Å². The Morgan fingerprint density at radius 1 is 1.19 bits per heavy atom. The van der Waals surface area contributed by atoms with Gasteiger partial charge in [0.15, 0.2) is 5.65 Å². The van der Waals surface area contributed by atoms with Gasteiger partial charge in [0.2, 0.25) is 10.0 Å². The number of nitrogens with zero attached hydrogens (tertiary/aromatic N) is 3. The Hall–Kier alpha value is -3.14. The van der Waals surface area contributed by atoms with E-state index in [1.54, 1.807) is 31.2 Å². The number of nitrogens with one attached hydrogen (secondary N) is 1. The first kappa shape index (κ1) is 18.6. The number of methoxy groups -OCH3 is 2. The van der Waals surface area contributed by atoms with Crippen molar-refractivity contribution in [1.29, 1.82) is 0 Å². The van der Waals surface area contributed by atoms with Gasteiger partial charge in [-0.3, -0.25) is 4.79 Å². The Balaban J connectivity index is 1.90. The molecule has 0 fully saturated rings. The zero-order valence-electron chi connectivity index (χ0n) is 15.0. The van der Waals surface area contributed by atoms with Crippen LogP contribution >= 0.6 is 0 Å². The number of hydrogen-bond acceptors (Lipinski definition) is 7. The molecule has 27 heavy (non-hydrogen) atoms. The number of benzene rings is 1. The fourth-order valence-corrected chi connectivity index (χ4v) is 3.04. The van der Waals surface area contributed by atoms with Crippen LogP contribution in [0, 0.1) is 0 Å². The second-order valence-electron chi connectivity index (χ2n) is 5.82. The lowest BCUT2D eigenvalue weighted by Gasteiger charge is -2.11. The predicted octanol–water partition coefficient (Wildman–Crippen LogP) is 1.19. The maximum atomic E-state index is 12.0. The van der Waals surface area contributed by atoms with Gasteiger partial charge in [0, 0.05) is 23.2 Å². The van der Waals surface area contributed by atoms with E-state index in [2.05, 4.69) is 10.1 Å². The van der Waals surface area contributed by atoms with Gasteiger partial charge in [0.05, 0.1) is 38.8 Å². The molecule has 0 aliphatic carbocycles. The Kier molecular flexibility index (Phi) is 5.00. The molecule has 0 aliphatic rings. The second kappa shape index (κ2) is 7.23. The first-order chi connectivity index (χ1) is 12.8. The van der Waals surface area contributed by atoms with Crippen LogP contribution in [0.1, 0.15) is 15.9 Å². The molecule has 0 bridgehead atoms. The maximum absolute atomic E-state index is 12.0. The van der Waals surface area contributed by atoms with Crippen LogP contribution < -0.4 is 14.2 Å². The van der Waals surface area contributed by atoms with Crippen molar-refractivity contribution in [1.82, 2.24) is 19.5 Å².